The van der Waals surface area contributed by atoms with Crippen LogP contribution in [0.25, 0.3) is 0 Å². The standard InChI is InChI=1S/C17H16N2OS/c20-17(18-12-15-8-5-11-21-15)16-9-4-10-19(16)13-14-6-2-1-3-7-14/h1-11H,12-13H2,(H,18,20). The lowest BCUT2D eigenvalue weighted by Gasteiger charge is -2.09. The molecule has 0 aliphatic heterocycles. The molecule has 0 saturated heterocycles. The Morgan fingerprint density at radius 2 is 1.90 bits per heavy atom. The maximum atomic E-state index is 12.3. The Morgan fingerprint density at radius 1 is 1.05 bits per heavy atom. The van der Waals surface area contributed by atoms with Crippen LogP contribution in [0.2, 0.25) is 0 Å². The Morgan fingerprint density at radius 3 is 2.67 bits per heavy atom. The topological polar surface area (TPSA) is 34.0 Å². The second-order valence-electron chi connectivity index (χ2n) is 4.77. The highest BCUT2D eigenvalue weighted by Gasteiger charge is 2.10. The Labute approximate surface area is 127 Å². The van der Waals surface area contributed by atoms with Crippen molar-refractivity contribution in [1.29, 1.82) is 0 Å². The second kappa shape index (κ2) is 6.41. The van der Waals surface area contributed by atoms with Crippen LogP contribution in [0, 0.1) is 0 Å². The Bertz CT molecular complexity index is 701. The molecule has 3 nitrogen and oxygen atoms in total. The fraction of sp³-hybridized carbons (Fsp3) is 0.118. The molecule has 0 atom stereocenters. The van der Waals surface area contributed by atoms with Crippen LogP contribution in [-0.2, 0) is 13.1 Å². The number of hydrogen-bond donors (Lipinski definition) is 1. The second-order valence-corrected chi connectivity index (χ2v) is 5.80. The first-order valence-electron chi connectivity index (χ1n) is 6.82. The van der Waals surface area contributed by atoms with Gasteiger partial charge in [-0.1, -0.05) is 36.4 Å². The van der Waals surface area contributed by atoms with E-state index >= 15 is 0 Å². The van der Waals surface area contributed by atoms with Crippen LogP contribution in [0.1, 0.15) is 20.9 Å². The summed E-state index contributed by atoms with van der Waals surface area (Å²) in [5.41, 5.74) is 1.87. The number of aromatic nitrogens is 1. The third-order valence-corrected chi connectivity index (χ3v) is 4.14. The van der Waals surface area contributed by atoms with Gasteiger partial charge in [0, 0.05) is 17.6 Å². The summed E-state index contributed by atoms with van der Waals surface area (Å²) >= 11 is 1.65. The molecule has 1 aromatic carbocycles. The SMILES string of the molecule is O=C(NCc1cccs1)c1cccn1Cc1ccccc1. The highest BCUT2D eigenvalue weighted by molar-refractivity contribution is 7.09. The van der Waals surface area contributed by atoms with E-state index in [-0.39, 0.29) is 5.91 Å². The van der Waals surface area contributed by atoms with E-state index in [0.29, 0.717) is 18.8 Å². The van der Waals surface area contributed by atoms with Gasteiger partial charge in [-0.3, -0.25) is 4.79 Å². The molecule has 0 spiro atoms. The molecule has 4 heteroatoms. The molecule has 0 aliphatic rings. The van der Waals surface area contributed by atoms with Crippen LogP contribution in [0.5, 0.6) is 0 Å². The maximum Gasteiger partial charge on any atom is 0.268 e. The molecular formula is C17H16N2OS. The summed E-state index contributed by atoms with van der Waals surface area (Å²) < 4.78 is 1.97. The summed E-state index contributed by atoms with van der Waals surface area (Å²) in [4.78, 5) is 13.4. The third-order valence-electron chi connectivity index (χ3n) is 3.26. The lowest BCUT2D eigenvalue weighted by atomic mass is 10.2. The Kier molecular flexibility index (Phi) is 4.17. The van der Waals surface area contributed by atoms with Crippen molar-refractivity contribution in [3.63, 3.8) is 0 Å². The summed E-state index contributed by atoms with van der Waals surface area (Å²) in [5, 5.41) is 4.98. The van der Waals surface area contributed by atoms with E-state index in [2.05, 4.69) is 17.4 Å². The van der Waals surface area contributed by atoms with E-state index in [1.807, 2.05) is 58.6 Å². The van der Waals surface area contributed by atoms with Crippen molar-refractivity contribution >= 4 is 17.2 Å². The van der Waals surface area contributed by atoms with E-state index in [1.165, 1.54) is 5.56 Å². The van der Waals surface area contributed by atoms with E-state index in [4.69, 9.17) is 0 Å². The van der Waals surface area contributed by atoms with Crippen LogP contribution in [0.3, 0.4) is 0 Å². The smallest absolute Gasteiger partial charge is 0.268 e. The fourth-order valence-electron chi connectivity index (χ4n) is 2.21. The van der Waals surface area contributed by atoms with Gasteiger partial charge in [0.2, 0.25) is 0 Å². The molecule has 0 radical (unpaired) electrons. The van der Waals surface area contributed by atoms with Crippen LogP contribution >= 0.6 is 11.3 Å². The van der Waals surface area contributed by atoms with Gasteiger partial charge in [-0.15, -0.1) is 11.3 Å². The maximum absolute atomic E-state index is 12.3. The highest BCUT2D eigenvalue weighted by Crippen LogP contribution is 2.10. The lowest BCUT2D eigenvalue weighted by molar-refractivity contribution is 0.0942. The average molecular weight is 296 g/mol. The summed E-state index contributed by atoms with van der Waals surface area (Å²) in [7, 11) is 0. The molecule has 0 saturated carbocycles. The molecule has 21 heavy (non-hydrogen) atoms. The van der Waals surface area contributed by atoms with Crippen LogP contribution in [-0.4, -0.2) is 10.5 Å². The van der Waals surface area contributed by atoms with Gasteiger partial charge in [0.15, 0.2) is 0 Å². The van der Waals surface area contributed by atoms with Crippen molar-refractivity contribution in [2.24, 2.45) is 0 Å². The number of nitrogens with zero attached hydrogens (tertiary/aromatic N) is 1. The number of nitrogens with one attached hydrogen (secondary N) is 1. The Hall–Kier alpha value is -2.33. The van der Waals surface area contributed by atoms with Crippen LogP contribution < -0.4 is 5.32 Å². The van der Waals surface area contributed by atoms with Gasteiger partial charge >= 0.3 is 0 Å². The number of rotatable bonds is 5. The van der Waals surface area contributed by atoms with Crippen LogP contribution in [0.4, 0.5) is 0 Å². The first kappa shape index (κ1) is 13.6. The summed E-state index contributed by atoms with van der Waals surface area (Å²) in [6.07, 6.45) is 1.94. The quantitative estimate of drug-likeness (QED) is 0.768. The number of carbonyl (C=O) groups excluding carboxylic acids is 1. The number of amides is 1. The van der Waals surface area contributed by atoms with Gasteiger partial charge < -0.3 is 9.88 Å². The predicted molar refractivity (Wildman–Crippen MR) is 85.5 cm³/mol. The van der Waals surface area contributed by atoms with Crippen molar-refractivity contribution in [3.8, 4) is 0 Å². The minimum Gasteiger partial charge on any atom is -0.346 e. The number of hydrogen-bond acceptors (Lipinski definition) is 2. The molecule has 1 N–H and O–H groups in total. The monoisotopic (exact) mass is 296 g/mol. The van der Waals surface area contributed by atoms with E-state index in [1.54, 1.807) is 11.3 Å². The molecular weight excluding hydrogens is 280 g/mol. The summed E-state index contributed by atoms with van der Waals surface area (Å²) in [6.45, 7) is 1.28. The molecule has 0 bridgehead atoms. The van der Waals surface area contributed by atoms with Crippen molar-refractivity contribution in [2.75, 3.05) is 0 Å². The number of benzene rings is 1. The zero-order valence-electron chi connectivity index (χ0n) is 11.5. The molecule has 2 aromatic heterocycles. The van der Waals surface area contributed by atoms with Gasteiger partial charge in [-0.05, 0) is 29.1 Å². The average Bonchev–Trinajstić information content (AvgIpc) is 3.17. The lowest BCUT2D eigenvalue weighted by Crippen LogP contribution is -2.25. The van der Waals surface area contributed by atoms with Gasteiger partial charge in [-0.2, -0.15) is 0 Å². The third kappa shape index (κ3) is 3.41. The van der Waals surface area contributed by atoms with Gasteiger partial charge in [-0.25, -0.2) is 0 Å². The van der Waals surface area contributed by atoms with Crippen molar-refractivity contribution in [1.82, 2.24) is 9.88 Å². The number of carbonyl (C=O) groups is 1. The molecule has 106 valence electrons. The normalized spacial score (nSPS) is 10.5. The summed E-state index contributed by atoms with van der Waals surface area (Å²) in [5.74, 6) is -0.0377. The van der Waals surface area contributed by atoms with Crippen molar-refractivity contribution in [2.45, 2.75) is 13.1 Å². The zero-order chi connectivity index (χ0) is 14.5. The predicted octanol–water partition coefficient (Wildman–Crippen LogP) is 3.53. The van der Waals surface area contributed by atoms with Gasteiger partial charge in [0.1, 0.15) is 5.69 Å². The first-order valence-corrected chi connectivity index (χ1v) is 7.70. The molecule has 0 unspecified atom stereocenters. The van der Waals surface area contributed by atoms with Gasteiger partial charge in [0.05, 0.1) is 6.54 Å². The Balaban J connectivity index is 1.68. The van der Waals surface area contributed by atoms with E-state index < -0.39 is 0 Å². The largest absolute Gasteiger partial charge is 0.346 e. The fourth-order valence-corrected chi connectivity index (χ4v) is 2.85. The molecule has 0 aliphatic carbocycles. The minimum atomic E-state index is -0.0377. The summed E-state index contributed by atoms with van der Waals surface area (Å²) in [6, 6.07) is 17.9. The molecule has 1 amide bonds. The van der Waals surface area contributed by atoms with Crippen molar-refractivity contribution < 1.29 is 4.79 Å². The first-order chi connectivity index (χ1) is 10.3. The van der Waals surface area contributed by atoms with E-state index in [9.17, 15) is 4.79 Å². The van der Waals surface area contributed by atoms with E-state index in [0.717, 1.165) is 4.88 Å². The molecule has 3 aromatic rings. The number of thiophene rings is 1. The van der Waals surface area contributed by atoms with Crippen LogP contribution in [0.15, 0.2) is 66.2 Å². The highest BCUT2D eigenvalue weighted by atomic mass is 32.1. The molecule has 0 fully saturated rings. The van der Waals surface area contributed by atoms with Crippen molar-refractivity contribution in [3.05, 3.63) is 82.3 Å². The minimum absolute atomic E-state index is 0.0377. The zero-order valence-corrected chi connectivity index (χ0v) is 12.3. The molecule has 3 rings (SSSR count). The van der Waals surface area contributed by atoms with Gasteiger partial charge in [0.25, 0.3) is 5.91 Å². The molecule has 2 heterocycles.